The first-order valence-electron chi connectivity index (χ1n) is 7.04. The van der Waals surface area contributed by atoms with Crippen molar-refractivity contribution in [2.45, 2.75) is 40.0 Å². The Hall–Kier alpha value is -1.90. The van der Waals surface area contributed by atoms with Crippen LogP contribution in [0.4, 0.5) is 0 Å². The van der Waals surface area contributed by atoms with Crippen LogP contribution in [0.3, 0.4) is 0 Å². The lowest BCUT2D eigenvalue weighted by molar-refractivity contribution is 0.0902. The van der Waals surface area contributed by atoms with Crippen molar-refractivity contribution in [3.63, 3.8) is 0 Å². The first kappa shape index (κ1) is 14.5. The largest absolute Gasteiger partial charge is 0.276 e. The zero-order valence-corrected chi connectivity index (χ0v) is 12.5. The van der Waals surface area contributed by atoms with Gasteiger partial charge < -0.3 is 0 Å². The molecule has 0 atom stereocenters. The molecule has 0 amide bonds. The molecule has 0 N–H and O–H groups in total. The Kier molecular flexibility index (Phi) is 4.38. The molecule has 20 heavy (non-hydrogen) atoms. The topological polar surface area (TPSA) is 34.9 Å². The fraction of sp³-hybridized carbons (Fsp3) is 0.412. The molecule has 106 valence electrons. The number of hydrogen-bond acceptors (Lipinski definition) is 2. The van der Waals surface area contributed by atoms with E-state index >= 15 is 0 Å². The predicted molar refractivity (Wildman–Crippen MR) is 80.8 cm³/mol. The fourth-order valence-electron chi connectivity index (χ4n) is 2.16. The van der Waals surface area contributed by atoms with Gasteiger partial charge >= 0.3 is 0 Å². The van der Waals surface area contributed by atoms with Crippen LogP contribution < -0.4 is 0 Å². The Labute approximate surface area is 120 Å². The molecule has 0 saturated heterocycles. The summed E-state index contributed by atoms with van der Waals surface area (Å²) in [6.45, 7) is 6.51. The minimum atomic E-state index is 0.0986. The lowest BCUT2D eigenvalue weighted by Crippen LogP contribution is -2.11. The summed E-state index contributed by atoms with van der Waals surface area (Å²) >= 11 is 0. The molecule has 0 aliphatic heterocycles. The zero-order chi connectivity index (χ0) is 14.6. The van der Waals surface area contributed by atoms with Gasteiger partial charge in [0.05, 0.1) is 5.69 Å². The minimum absolute atomic E-state index is 0.0986. The minimum Gasteiger partial charge on any atom is -0.276 e. The van der Waals surface area contributed by atoms with Gasteiger partial charge in [-0.15, -0.1) is 0 Å². The van der Waals surface area contributed by atoms with E-state index in [0.29, 0.717) is 6.42 Å². The number of hydrogen-bond donors (Lipinski definition) is 0. The first-order chi connectivity index (χ1) is 9.44. The van der Waals surface area contributed by atoms with Gasteiger partial charge in [-0.1, -0.05) is 51.1 Å². The molecule has 1 aromatic heterocycles. The van der Waals surface area contributed by atoms with E-state index in [-0.39, 0.29) is 11.3 Å². The molecule has 0 radical (unpaired) electrons. The van der Waals surface area contributed by atoms with Crippen LogP contribution in [0.25, 0.3) is 0 Å². The lowest BCUT2D eigenvalue weighted by Gasteiger charge is -2.15. The van der Waals surface area contributed by atoms with Gasteiger partial charge in [0.25, 0.3) is 0 Å². The van der Waals surface area contributed by atoms with E-state index in [2.05, 4.69) is 25.8 Å². The smallest absolute Gasteiger partial charge is 0.232 e. The normalized spacial score (nSPS) is 11.6. The number of nitrogens with zero attached hydrogens (tertiary/aromatic N) is 2. The molecule has 0 bridgehead atoms. The van der Waals surface area contributed by atoms with Crippen LogP contribution in [-0.2, 0) is 12.8 Å². The van der Waals surface area contributed by atoms with Crippen LogP contribution in [0.5, 0.6) is 0 Å². The number of imidazole rings is 1. The van der Waals surface area contributed by atoms with Crippen molar-refractivity contribution < 1.29 is 4.79 Å². The monoisotopic (exact) mass is 270 g/mol. The maximum Gasteiger partial charge on any atom is 0.232 e. The highest BCUT2D eigenvalue weighted by atomic mass is 16.2. The van der Waals surface area contributed by atoms with Gasteiger partial charge in [-0.25, -0.2) is 4.98 Å². The molecule has 0 saturated carbocycles. The average Bonchev–Trinajstić information content (AvgIpc) is 2.83. The van der Waals surface area contributed by atoms with E-state index < -0.39 is 0 Å². The number of aromatic nitrogens is 2. The Morgan fingerprint density at radius 3 is 2.55 bits per heavy atom. The van der Waals surface area contributed by atoms with E-state index in [0.717, 1.165) is 18.5 Å². The van der Waals surface area contributed by atoms with Crippen molar-refractivity contribution in [3.05, 3.63) is 54.1 Å². The second kappa shape index (κ2) is 6.04. The summed E-state index contributed by atoms with van der Waals surface area (Å²) in [6.07, 6.45) is 5.65. The number of benzene rings is 1. The molecule has 3 nitrogen and oxygen atoms in total. The van der Waals surface area contributed by atoms with E-state index in [4.69, 9.17) is 0 Å². The summed E-state index contributed by atoms with van der Waals surface area (Å²) in [4.78, 5) is 16.4. The van der Waals surface area contributed by atoms with Crippen LogP contribution in [0.2, 0.25) is 0 Å². The lowest BCUT2D eigenvalue weighted by atomic mass is 9.91. The van der Waals surface area contributed by atoms with Crippen molar-refractivity contribution in [1.82, 2.24) is 9.55 Å². The van der Waals surface area contributed by atoms with E-state index in [1.54, 1.807) is 10.9 Å². The molecule has 0 aliphatic carbocycles. The third-order valence-corrected chi connectivity index (χ3v) is 3.11. The summed E-state index contributed by atoms with van der Waals surface area (Å²) in [5.74, 6) is 0.0986. The van der Waals surface area contributed by atoms with Gasteiger partial charge in [0, 0.05) is 12.6 Å². The quantitative estimate of drug-likeness (QED) is 0.848. The maximum absolute atomic E-state index is 12.1. The highest BCUT2D eigenvalue weighted by molar-refractivity contribution is 5.78. The van der Waals surface area contributed by atoms with Crippen molar-refractivity contribution in [2.24, 2.45) is 5.41 Å². The van der Waals surface area contributed by atoms with E-state index in [1.807, 2.05) is 36.5 Å². The van der Waals surface area contributed by atoms with Gasteiger partial charge in [0.2, 0.25) is 5.91 Å². The molecule has 0 fully saturated rings. The number of rotatable bonds is 4. The molecule has 3 heteroatoms. The summed E-state index contributed by atoms with van der Waals surface area (Å²) in [5.41, 5.74) is 2.35. The van der Waals surface area contributed by atoms with Gasteiger partial charge in [0.1, 0.15) is 6.33 Å². The molecule has 0 aliphatic rings. The SMILES string of the molecule is CC(C)(C)Cc1cn(C(=O)CCc2ccccc2)cn1. The molecule has 1 heterocycles. The van der Waals surface area contributed by atoms with Crippen LogP contribution in [0.1, 0.15) is 43.2 Å². The van der Waals surface area contributed by atoms with Crippen LogP contribution in [0.15, 0.2) is 42.9 Å². The highest BCUT2D eigenvalue weighted by Gasteiger charge is 2.14. The summed E-state index contributed by atoms with van der Waals surface area (Å²) in [7, 11) is 0. The second-order valence-electron chi connectivity index (χ2n) is 6.39. The van der Waals surface area contributed by atoms with Crippen molar-refractivity contribution in [3.8, 4) is 0 Å². The molecule has 0 unspecified atom stereocenters. The standard InChI is InChI=1S/C17H22N2O/c1-17(2,3)11-15-12-19(13-18-15)16(20)10-9-14-7-5-4-6-8-14/h4-8,12-13H,9-11H2,1-3H3. The Balaban J connectivity index is 1.93. The molecule has 1 aromatic carbocycles. The van der Waals surface area contributed by atoms with E-state index in [9.17, 15) is 4.79 Å². The van der Waals surface area contributed by atoms with Gasteiger partial charge in [0.15, 0.2) is 0 Å². The number of carbonyl (C=O) groups is 1. The zero-order valence-electron chi connectivity index (χ0n) is 12.5. The average molecular weight is 270 g/mol. The second-order valence-corrected chi connectivity index (χ2v) is 6.39. The van der Waals surface area contributed by atoms with Crippen molar-refractivity contribution in [1.29, 1.82) is 0 Å². The Bertz CT molecular complexity index is 564. The summed E-state index contributed by atoms with van der Waals surface area (Å²) in [6, 6.07) is 10.1. The molecule has 2 aromatic rings. The Morgan fingerprint density at radius 2 is 1.90 bits per heavy atom. The third-order valence-electron chi connectivity index (χ3n) is 3.11. The molecular formula is C17H22N2O. The van der Waals surface area contributed by atoms with E-state index in [1.165, 1.54) is 5.56 Å². The third kappa shape index (κ3) is 4.34. The summed E-state index contributed by atoms with van der Waals surface area (Å²) < 4.78 is 1.62. The predicted octanol–water partition coefficient (Wildman–Crippen LogP) is 3.74. The Morgan fingerprint density at radius 1 is 1.20 bits per heavy atom. The van der Waals surface area contributed by atoms with Gasteiger partial charge in [-0.2, -0.15) is 0 Å². The molecule has 0 spiro atoms. The highest BCUT2D eigenvalue weighted by Crippen LogP contribution is 2.19. The van der Waals surface area contributed by atoms with Crippen molar-refractivity contribution in [2.75, 3.05) is 0 Å². The number of aryl methyl sites for hydroxylation is 1. The van der Waals surface area contributed by atoms with Crippen LogP contribution >= 0.6 is 0 Å². The summed E-state index contributed by atoms with van der Waals surface area (Å²) in [5, 5.41) is 0. The van der Waals surface area contributed by atoms with Crippen LogP contribution in [-0.4, -0.2) is 15.5 Å². The van der Waals surface area contributed by atoms with Gasteiger partial charge in [-0.05, 0) is 23.8 Å². The number of carbonyl (C=O) groups excluding carboxylic acids is 1. The first-order valence-corrected chi connectivity index (χ1v) is 7.04. The molecule has 2 rings (SSSR count). The van der Waals surface area contributed by atoms with Crippen LogP contribution in [0, 0.1) is 5.41 Å². The molecular weight excluding hydrogens is 248 g/mol. The fourth-order valence-corrected chi connectivity index (χ4v) is 2.16. The van der Waals surface area contributed by atoms with Gasteiger partial charge in [-0.3, -0.25) is 9.36 Å². The van der Waals surface area contributed by atoms with Crippen molar-refractivity contribution >= 4 is 5.91 Å². The maximum atomic E-state index is 12.1.